The second kappa shape index (κ2) is 11.4. The molecule has 0 fully saturated rings. The monoisotopic (exact) mass is 556 g/mol. The molecular weight excluding hydrogens is 524 g/mol. The van der Waals surface area contributed by atoms with Crippen LogP contribution in [0, 0.1) is 5.41 Å². The second-order valence-corrected chi connectivity index (χ2v) is 11.7. The van der Waals surface area contributed by atoms with Crippen molar-refractivity contribution in [1.82, 2.24) is 19.8 Å². The van der Waals surface area contributed by atoms with Crippen LogP contribution < -0.4 is 5.32 Å². The van der Waals surface area contributed by atoms with E-state index in [4.69, 9.17) is 16.6 Å². The normalized spacial score (nSPS) is 14.9. The largest absolute Gasteiger partial charge is 0.390 e. The first-order valence-electron chi connectivity index (χ1n) is 13.4. The van der Waals surface area contributed by atoms with Crippen molar-refractivity contribution in [3.8, 4) is 11.3 Å². The first-order valence-corrected chi connectivity index (χ1v) is 13.7. The van der Waals surface area contributed by atoms with Crippen LogP contribution >= 0.6 is 11.6 Å². The fourth-order valence-corrected chi connectivity index (χ4v) is 5.26. The molecule has 2 atom stereocenters. The number of imide groups is 1. The highest BCUT2D eigenvalue weighted by Gasteiger charge is 2.37. The maximum absolute atomic E-state index is 12.8. The van der Waals surface area contributed by atoms with E-state index in [1.54, 1.807) is 24.3 Å². The number of halogens is 1. The number of hydrogen-bond acceptors (Lipinski definition) is 5. The lowest BCUT2D eigenvalue weighted by molar-refractivity contribution is 0.0532. The van der Waals surface area contributed by atoms with Crippen molar-refractivity contribution in [3.05, 3.63) is 113 Å². The zero-order chi connectivity index (χ0) is 28.4. The Morgan fingerprint density at radius 1 is 0.925 bits per heavy atom. The summed E-state index contributed by atoms with van der Waals surface area (Å²) in [5, 5.41) is 15.1. The molecule has 8 heteroatoms. The zero-order valence-electron chi connectivity index (χ0n) is 22.8. The van der Waals surface area contributed by atoms with E-state index in [9.17, 15) is 14.7 Å². The molecule has 1 unspecified atom stereocenters. The van der Waals surface area contributed by atoms with Gasteiger partial charge < -0.3 is 15.0 Å². The molecule has 5 rings (SSSR count). The van der Waals surface area contributed by atoms with Crippen molar-refractivity contribution >= 4 is 23.4 Å². The van der Waals surface area contributed by atoms with Crippen LogP contribution in [0.3, 0.4) is 0 Å². The molecule has 0 spiro atoms. The van der Waals surface area contributed by atoms with Gasteiger partial charge in [-0.1, -0.05) is 87.0 Å². The minimum atomic E-state index is -0.961. The van der Waals surface area contributed by atoms with Gasteiger partial charge in [0.05, 0.1) is 35.5 Å². The number of amides is 2. The molecule has 1 aliphatic rings. The van der Waals surface area contributed by atoms with Crippen molar-refractivity contribution in [3.63, 3.8) is 0 Å². The predicted molar refractivity (Wildman–Crippen MR) is 156 cm³/mol. The number of fused-ring (bicyclic) bond motifs is 1. The number of β-amino-alcohol motifs (C(OH)–C–C–N with tert-alkyl or cyclic N) is 1. The van der Waals surface area contributed by atoms with Gasteiger partial charge >= 0.3 is 0 Å². The minimum Gasteiger partial charge on any atom is -0.390 e. The van der Waals surface area contributed by atoms with E-state index in [0.29, 0.717) is 22.7 Å². The van der Waals surface area contributed by atoms with Gasteiger partial charge in [0.2, 0.25) is 0 Å². The highest BCUT2D eigenvalue weighted by Crippen LogP contribution is 2.35. The van der Waals surface area contributed by atoms with Crippen molar-refractivity contribution in [2.45, 2.75) is 39.5 Å². The number of aliphatic hydroxyl groups is 1. The summed E-state index contributed by atoms with van der Waals surface area (Å²) in [5.41, 5.74) is 3.32. The Morgan fingerprint density at radius 3 is 2.20 bits per heavy atom. The third kappa shape index (κ3) is 5.87. The molecule has 2 N–H and O–H groups in total. The van der Waals surface area contributed by atoms with Crippen LogP contribution in [-0.4, -0.2) is 50.6 Å². The molecule has 0 bridgehead atoms. The lowest BCUT2D eigenvalue weighted by Crippen LogP contribution is -2.44. The van der Waals surface area contributed by atoms with E-state index in [0.717, 1.165) is 27.5 Å². The van der Waals surface area contributed by atoms with Gasteiger partial charge in [0.15, 0.2) is 0 Å². The summed E-state index contributed by atoms with van der Waals surface area (Å²) < 4.78 is 2.13. The van der Waals surface area contributed by atoms with Gasteiger partial charge in [0.25, 0.3) is 11.8 Å². The SMILES string of the molecule is CC(C)(C)[C@@H](NCC(O)CN1C(=O)c2ccccc2C1=O)c1nc(-c2cccc(Cl)c2)cn1Cc1ccccc1. The molecule has 1 aliphatic heterocycles. The fourth-order valence-electron chi connectivity index (χ4n) is 5.07. The number of nitrogens with one attached hydrogen (secondary N) is 1. The summed E-state index contributed by atoms with van der Waals surface area (Å²) >= 11 is 6.28. The Labute approximate surface area is 239 Å². The second-order valence-electron chi connectivity index (χ2n) is 11.2. The number of aliphatic hydroxyl groups excluding tert-OH is 1. The molecule has 7 nitrogen and oxygen atoms in total. The van der Waals surface area contributed by atoms with Crippen LogP contribution in [0.15, 0.2) is 85.1 Å². The van der Waals surface area contributed by atoms with Crippen LogP contribution in [0.5, 0.6) is 0 Å². The molecule has 0 aliphatic carbocycles. The lowest BCUT2D eigenvalue weighted by Gasteiger charge is -2.32. The van der Waals surface area contributed by atoms with E-state index < -0.39 is 6.10 Å². The smallest absolute Gasteiger partial charge is 0.261 e. The van der Waals surface area contributed by atoms with Gasteiger partial charge in [-0.25, -0.2) is 4.98 Å². The molecule has 2 amide bonds. The number of benzene rings is 3. The Balaban J connectivity index is 1.39. The maximum atomic E-state index is 12.8. The van der Waals surface area contributed by atoms with Crippen LogP contribution in [0.4, 0.5) is 0 Å². The van der Waals surface area contributed by atoms with Gasteiger partial charge in [-0.3, -0.25) is 14.5 Å². The summed E-state index contributed by atoms with van der Waals surface area (Å²) in [6.07, 6.45) is 1.07. The average molecular weight is 557 g/mol. The van der Waals surface area contributed by atoms with Gasteiger partial charge in [0, 0.05) is 29.9 Å². The molecule has 206 valence electrons. The zero-order valence-corrected chi connectivity index (χ0v) is 23.6. The van der Waals surface area contributed by atoms with Crippen LogP contribution in [0.2, 0.25) is 5.02 Å². The molecule has 40 heavy (non-hydrogen) atoms. The summed E-state index contributed by atoms with van der Waals surface area (Å²) in [5.74, 6) is 0.0624. The molecule has 2 heterocycles. The summed E-state index contributed by atoms with van der Waals surface area (Å²) in [6.45, 7) is 7.03. The molecular formula is C32H33ClN4O3. The lowest BCUT2D eigenvalue weighted by atomic mass is 9.86. The summed E-state index contributed by atoms with van der Waals surface area (Å²) in [7, 11) is 0. The van der Waals surface area contributed by atoms with Gasteiger partial charge in [-0.05, 0) is 35.2 Å². The Morgan fingerprint density at radius 2 is 1.57 bits per heavy atom. The van der Waals surface area contributed by atoms with E-state index in [1.807, 2.05) is 48.7 Å². The third-order valence-electron chi connectivity index (χ3n) is 7.08. The quantitative estimate of drug-likeness (QED) is 0.263. The van der Waals surface area contributed by atoms with E-state index in [1.165, 1.54) is 0 Å². The molecule has 0 radical (unpaired) electrons. The number of aromatic nitrogens is 2. The Kier molecular flexibility index (Phi) is 7.90. The highest BCUT2D eigenvalue weighted by molar-refractivity contribution is 6.30. The standard InChI is InChI=1S/C32H33ClN4O3/c1-32(2,3)28(34-17-24(38)19-37-30(39)25-14-7-8-15-26(25)31(37)40)29-35-27(22-12-9-13-23(33)16-22)20-36(29)18-21-10-5-4-6-11-21/h4-16,20,24,28,34,38H,17-19H2,1-3H3/t24?,28-/m0/s1. The third-order valence-corrected chi connectivity index (χ3v) is 7.31. The van der Waals surface area contributed by atoms with Crippen molar-refractivity contribution in [2.75, 3.05) is 13.1 Å². The van der Waals surface area contributed by atoms with E-state index in [-0.39, 0.29) is 36.4 Å². The van der Waals surface area contributed by atoms with Crippen molar-refractivity contribution in [2.24, 2.45) is 5.41 Å². The first-order chi connectivity index (χ1) is 19.1. The average Bonchev–Trinajstić information content (AvgIpc) is 3.43. The van der Waals surface area contributed by atoms with Crippen molar-refractivity contribution < 1.29 is 14.7 Å². The fraction of sp³-hybridized carbons (Fsp3) is 0.281. The molecule has 1 aromatic heterocycles. The molecule has 0 saturated heterocycles. The van der Waals surface area contributed by atoms with E-state index in [2.05, 4.69) is 42.8 Å². The van der Waals surface area contributed by atoms with Crippen LogP contribution in [0.1, 0.15) is 58.9 Å². The van der Waals surface area contributed by atoms with Crippen LogP contribution in [-0.2, 0) is 6.54 Å². The number of carbonyl (C=O) groups excluding carboxylic acids is 2. The predicted octanol–water partition coefficient (Wildman–Crippen LogP) is 5.59. The highest BCUT2D eigenvalue weighted by atomic mass is 35.5. The molecule has 4 aromatic rings. The van der Waals surface area contributed by atoms with Crippen molar-refractivity contribution in [1.29, 1.82) is 0 Å². The minimum absolute atomic E-state index is 0.0948. The summed E-state index contributed by atoms with van der Waals surface area (Å²) in [4.78, 5) is 31.8. The number of hydrogen-bond donors (Lipinski definition) is 2. The molecule has 3 aromatic carbocycles. The topological polar surface area (TPSA) is 87.5 Å². The van der Waals surface area contributed by atoms with Gasteiger partial charge in [0.1, 0.15) is 5.82 Å². The summed E-state index contributed by atoms with van der Waals surface area (Å²) in [6, 6.07) is 24.3. The molecule has 0 saturated carbocycles. The first kappa shape index (κ1) is 27.8. The Bertz CT molecular complexity index is 1490. The number of imidazole rings is 1. The van der Waals surface area contributed by atoms with Gasteiger partial charge in [-0.2, -0.15) is 0 Å². The number of rotatable bonds is 9. The Hall–Kier alpha value is -3.78. The number of carbonyl (C=O) groups is 2. The van der Waals surface area contributed by atoms with E-state index >= 15 is 0 Å². The number of nitrogens with zero attached hydrogens (tertiary/aromatic N) is 3. The van der Waals surface area contributed by atoms with Gasteiger partial charge in [-0.15, -0.1) is 0 Å². The van der Waals surface area contributed by atoms with Crippen LogP contribution in [0.25, 0.3) is 11.3 Å². The maximum Gasteiger partial charge on any atom is 0.261 e.